The minimum Gasteiger partial charge on any atom is -0.496 e. The molecule has 2 nitrogen and oxygen atoms in total. The van der Waals surface area contributed by atoms with Gasteiger partial charge in [0.2, 0.25) is 0 Å². The first kappa shape index (κ1) is 13.9. The van der Waals surface area contributed by atoms with Gasteiger partial charge >= 0.3 is 0 Å². The standard InChI is InChI=1S/C19H20O2/c1-13-10-11-17(18(12-13)21-2)19(20)16-9-4-3-8-15(16)14-6-5-7-14/h3-4,8-12,14H,5-7H2,1-2H3. The molecular weight excluding hydrogens is 260 g/mol. The maximum atomic E-state index is 12.9. The SMILES string of the molecule is COc1cc(C)ccc1C(=O)c1ccccc1C1CCC1. The van der Waals surface area contributed by atoms with E-state index in [2.05, 4.69) is 6.07 Å². The van der Waals surface area contributed by atoms with Gasteiger partial charge in [0.1, 0.15) is 5.75 Å². The summed E-state index contributed by atoms with van der Waals surface area (Å²) in [7, 11) is 1.61. The van der Waals surface area contributed by atoms with Crippen LogP contribution in [0.2, 0.25) is 0 Å². The van der Waals surface area contributed by atoms with E-state index in [-0.39, 0.29) is 5.78 Å². The van der Waals surface area contributed by atoms with Crippen LogP contribution in [0.4, 0.5) is 0 Å². The minimum absolute atomic E-state index is 0.0642. The van der Waals surface area contributed by atoms with Crippen LogP contribution >= 0.6 is 0 Å². The number of rotatable bonds is 4. The van der Waals surface area contributed by atoms with Gasteiger partial charge in [-0.1, -0.05) is 36.8 Å². The number of methoxy groups -OCH3 is 1. The van der Waals surface area contributed by atoms with Crippen LogP contribution < -0.4 is 4.74 Å². The topological polar surface area (TPSA) is 26.3 Å². The van der Waals surface area contributed by atoms with Crippen LogP contribution in [-0.4, -0.2) is 12.9 Å². The summed E-state index contributed by atoms with van der Waals surface area (Å²) in [5.41, 5.74) is 3.76. The highest BCUT2D eigenvalue weighted by atomic mass is 16.5. The van der Waals surface area contributed by atoms with Crippen molar-refractivity contribution in [3.8, 4) is 5.75 Å². The Morgan fingerprint density at radius 2 is 1.86 bits per heavy atom. The Bertz CT molecular complexity index is 669. The number of benzene rings is 2. The maximum absolute atomic E-state index is 12.9. The number of aryl methyl sites for hydroxylation is 1. The molecule has 0 aliphatic heterocycles. The fourth-order valence-electron chi connectivity index (χ4n) is 2.91. The summed E-state index contributed by atoms with van der Waals surface area (Å²) in [6.07, 6.45) is 3.64. The van der Waals surface area contributed by atoms with E-state index in [0.29, 0.717) is 17.2 Å². The van der Waals surface area contributed by atoms with Crippen LogP contribution in [0.5, 0.6) is 5.75 Å². The third-order valence-corrected chi connectivity index (χ3v) is 4.35. The van der Waals surface area contributed by atoms with Gasteiger partial charge in [0.15, 0.2) is 5.78 Å². The number of hydrogen-bond donors (Lipinski definition) is 0. The van der Waals surface area contributed by atoms with Crippen LogP contribution in [0, 0.1) is 6.92 Å². The van der Waals surface area contributed by atoms with Crippen molar-refractivity contribution >= 4 is 5.78 Å². The third kappa shape index (κ3) is 2.58. The molecule has 1 aliphatic carbocycles. The molecule has 1 aliphatic rings. The Morgan fingerprint density at radius 1 is 1.10 bits per heavy atom. The molecule has 0 spiro atoms. The van der Waals surface area contributed by atoms with Crippen molar-refractivity contribution in [1.82, 2.24) is 0 Å². The van der Waals surface area contributed by atoms with Gasteiger partial charge < -0.3 is 4.74 Å². The van der Waals surface area contributed by atoms with E-state index in [0.717, 1.165) is 11.1 Å². The molecular formula is C19H20O2. The van der Waals surface area contributed by atoms with Crippen LogP contribution in [0.25, 0.3) is 0 Å². The van der Waals surface area contributed by atoms with Gasteiger partial charge in [-0.3, -0.25) is 4.79 Å². The van der Waals surface area contributed by atoms with Crippen molar-refractivity contribution in [2.45, 2.75) is 32.1 Å². The highest BCUT2D eigenvalue weighted by Crippen LogP contribution is 2.38. The van der Waals surface area contributed by atoms with E-state index in [1.165, 1.54) is 24.8 Å². The molecule has 1 fully saturated rings. The van der Waals surface area contributed by atoms with Gasteiger partial charge in [0.05, 0.1) is 12.7 Å². The molecule has 0 radical (unpaired) electrons. The first-order chi connectivity index (χ1) is 10.2. The molecule has 0 saturated heterocycles. The van der Waals surface area contributed by atoms with E-state index in [9.17, 15) is 4.79 Å². The zero-order chi connectivity index (χ0) is 14.8. The summed E-state index contributed by atoms with van der Waals surface area (Å²) in [6.45, 7) is 2.00. The molecule has 0 aromatic heterocycles. The molecule has 1 saturated carbocycles. The molecule has 2 heteroatoms. The van der Waals surface area contributed by atoms with Crippen molar-refractivity contribution in [2.24, 2.45) is 0 Å². The van der Waals surface area contributed by atoms with Gasteiger partial charge in [-0.05, 0) is 48.9 Å². The lowest BCUT2D eigenvalue weighted by atomic mass is 9.77. The summed E-state index contributed by atoms with van der Waals surface area (Å²) in [4.78, 5) is 12.9. The largest absolute Gasteiger partial charge is 0.496 e. The monoisotopic (exact) mass is 280 g/mol. The van der Waals surface area contributed by atoms with E-state index in [1.807, 2.05) is 43.3 Å². The second-order valence-corrected chi connectivity index (χ2v) is 5.75. The molecule has 2 aromatic rings. The lowest BCUT2D eigenvalue weighted by molar-refractivity contribution is 0.103. The normalized spacial score (nSPS) is 14.6. The van der Waals surface area contributed by atoms with E-state index in [4.69, 9.17) is 4.74 Å². The van der Waals surface area contributed by atoms with Gasteiger partial charge in [-0.25, -0.2) is 0 Å². The Kier molecular flexibility index (Phi) is 3.78. The van der Waals surface area contributed by atoms with Crippen LogP contribution in [-0.2, 0) is 0 Å². The molecule has 0 amide bonds. The molecule has 3 rings (SSSR count). The fraction of sp³-hybridized carbons (Fsp3) is 0.316. The molecule has 0 N–H and O–H groups in total. The van der Waals surface area contributed by atoms with Gasteiger partial charge in [0, 0.05) is 5.56 Å². The summed E-state index contributed by atoms with van der Waals surface area (Å²) >= 11 is 0. The van der Waals surface area contributed by atoms with Crippen LogP contribution in [0.15, 0.2) is 42.5 Å². The third-order valence-electron chi connectivity index (χ3n) is 4.35. The summed E-state index contributed by atoms with van der Waals surface area (Å²) in [6, 6.07) is 13.7. The van der Waals surface area contributed by atoms with E-state index >= 15 is 0 Å². The molecule has 0 unspecified atom stereocenters. The Hall–Kier alpha value is -2.09. The second kappa shape index (κ2) is 5.72. The summed E-state index contributed by atoms with van der Waals surface area (Å²) < 4.78 is 5.39. The number of hydrogen-bond acceptors (Lipinski definition) is 2. The van der Waals surface area contributed by atoms with Crippen LogP contribution in [0.1, 0.15) is 52.2 Å². The number of ketones is 1. The van der Waals surface area contributed by atoms with Crippen molar-refractivity contribution in [2.75, 3.05) is 7.11 Å². The van der Waals surface area contributed by atoms with Crippen molar-refractivity contribution < 1.29 is 9.53 Å². The first-order valence-electron chi connectivity index (χ1n) is 7.49. The zero-order valence-electron chi connectivity index (χ0n) is 12.6. The highest BCUT2D eigenvalue weighted by Gasteiger charge is 2.25. The quantitative estimate of drug-likeness (QED) is 0.771. The predicted octanol–water partition coefficient (Wildman–Crippen LogP) is 4.50. The predicted molar refractivity (Wildman–Crippen MR) is 84.2 cm³/mol. The van der Waals surface area contributed by atoms with Gasteiger partial charge in [0.25, 0.3) is 0 Å². The Morgan fingerprint density at radius 3 is 2.52 bits per heavy atom. The van der Waals surface area contributed by atoms with E-state index in [1.54, 1.807) is 7.11 Å². The van der Waals surface area contributed by atoms with Crippen molar-refractivity contribution in [1.29, 1.82) is 0 Å². The number of carbonyl (C=O) groups excluding carboxylic acids is 1. The van der Waals surface area contributed by atoms with E-state index < -0.39 is 0 Å². The molecule has 108 valence electrons. The summed E-state index contributed by atoms with van der Waals surface area (Å²) in [5, 5.41) is 0. The lowest BCUT2D eigenvalue weighted by Crippen LogP contribution is -2.14. The zero-order valence-corrected chi connectivity index (χ0v) is 12.6. The molecule has 0 heterocycles. The van der Waals surface area contributed by atoms with Crippen LogP contribution in [0.3, 0.4) is 0 Å². The number of carbonyl (C=O) groups is 1. The smallest absolute Gasteiger partial charge is 0.197 e. The van der Waals surface area contributed by atoms with Crippen molar-refractivity contribution in [3.63, 3.8) is 0 Å². The average molecular weight is 280 g/mol. The molecule has 2 aromatic carbocycles. The lowest BCUT2D eigenvalue weighted by Gasteiger charge is -2.27. The maximum Gasteiger partial charge on any atom is 0.197 e. The molecule has 0 bridgehead atoms. The summed E-state index contributed by atoms with van der Waals surface area (Å²) in [5.74, 6) is 1.26. The number of ether oxygens (including phenoxy) is 1. The Balaban J connectivity index is 2.03. The molecule has 0 atom stereocenters. The minimum atomic E-state index is 0.0642. The first-order valence-corrected chi connectivity index (χ1v) is 7.49. The Labute approximate surface area is 125 Å². The average Bonchev–Trinajstić information content (AvgIpc) is 2.45. The van der Waals surface area contributed by atoms with Crippen molar-refractivity contribution in [3.05, 3.63) is 64.7 Å². The second-order valence-electron chi connectivity index (χ2n) is 5.75. The fourth-order valence-corrected chi connectivity index (χ4v) is 2.91. The molecule has 21 heavy (non-hydrogen) atoms. The highest BCUT2D eigenvalue weighted by molar-refractivity contribution is 6.11. The van der Waals surface area contributed by atoms with Gasteiger partial charge in [-0.15, -0.1) is 0 Å². The van der Waals surface area contributed by atoms with Gasteiger partial charge in [-0.2, -0.15) is 0 Å².